The molecule has 0 nitrogen and oxygen atoms in total. The third kappa shape index (κ3) is 3.42. The van der Waals surface area contributed by atoms with Crippen molar-refractivity contribution in [3.05, 3.63) is 67.8 Å². The molecule has 0 amide bonds. The fraction of sp³-hybridized carbons (Fsp3) is 0. The molecule has 2 rings (SSSR count). The van der Waals surface area contributed by atoms with Crippen molar-refractivity contribution in [2.45, 2.75) is 0 Å². The van der Waals surface area contributed by atoms with Crippen LogP contribution in [-0.4, -0.2) is 0 Å². The first-order valence-corrected chi connectivity index (χ1v) is 6.36. The van der Waals surface area contributed by atoms with Gasteiger partial charge in [0.1, 0.15) is 0 Å². The van der Waals surface area contributed by atoms with E-state index in [1.165, 1.54) is 7.14 Å². The molecule has 0 aromatic heterocycles. The van der Waals surface area contributed by atoms with Crippen LogP contribution in [0.3, 0.4) is 0 Å². The summed E-state index contributed by atoms with van der Waals surface area (Å²) in [6.45, 7) is 0. The van der Waals surface area contributed by atoms with E-state index in [2.05, 4.69) is 60.7 Å². The summed E-state index contributed by atoms with van der Waals surface area (Å²) in [5, 5.41) is 0. The van der Waals surface area contributed by atoms with E-state index in [0.717, 1.165) is 0 Å². The van der Waals surface area contributed by atoms with E-state index in [-0.39, 0.29) is 38.2 Å². The minimum atomic E-state index is 0. The molecule has 0 aliphatic heterocycles. The third-order valence-electron chi connectivity index (χ3n) is 1.68. The fourth-order valence-corrected chi connectivity index (χ4v) is 3.35. The molecule has 0 N–H and O–H groups in total. The average molecular weight is 362 g/mol. The van der Waals surface area contributed by atoms with E-state index >= 15 is 0 Å². The van der Waals surface area contributed by atoms with Gasteiger partial charge in [-0.25, -0.2) is 0 Å². The molecule has 0 saturated heterocycles. The standard InChI is InChI=1S/C12H10I.BrH/c1-3-7-11(8-4-1)13-12-9-5-2-6-10-12;/h1-10H;1H/q-1;. The molecule has 0 aliphatic carbocycles. The van der Waals surface area contributed by atoms with Crippen molar-refractivity contribution >= 4 is 17.0 Å². The van der Waals surface area contributed by atoms with Crippen LogP contribution in [0.2, 0.25) is 0 Å². The molecule has 0 unspecified atom stereocenters. The number of halogens is 2. The van der Waals surface area contributed by atoms with Crippen LogP contribution >= 0.6 is 17.0 Å². The first-order chi connectivity index (χ1) is 6.45. The maximum atomic E-state index is 2.21. The zero-order chi connectivity index (χ0) is 8.93. The van der Waals surface area contributed by atoms with Crippen molar-refractivity contribution in [2.75, 3.05) is 0 Å². The molecule has 0 heterocycles. The van der Waals surface area contributed by atoms with Crippen LogP contribution in [0.5, 0.6) is 0 Å². The van der Waals surface area contributed by atoms with Gasteiger partial charge < -0.3 is 0 Å². The van der Waals surface area contributed by atoms with Crippen molar-refractivity contribution in [1.29, 1.82) is 0 Å². The summed E-state index contributed by atoms with van der Waals surface area (Å²) in [5.41, 5.74) is 0. The van der Waals surface area contributed by atoms with E-state index in [0.29, 0.717) is 0 Å². The normalized spacial score (nSPS) is 9.43. The van der Waals surface area contributed by atoms with Crippen LogP contribution in [-0.2, 0) is 0 Å². The molecule has 2 heteroatoms. The first kappa shape index (κ1) is 11.7. The topological polar surface area (TPSA) is 0 Å². The molecule has 0 spiro atoms. The summed E-state index contributed by atoms with van der Waals surface area (Å²) in [4.78, 5) is 0. The molecule has 0 atom stereocenters. The van der Waals surface area contributed by atoms with Crippen molar-refractivity contribution in [3.63, 3.8) is 0 Å². The Morgan fingerprint density at radius 2 is 0.929 bits per heavy atom. The molecule has 0 radical (unpaired) electrons. The monoisotopic (exact) mass is 361 g/mol. The second-order valence-corrected chi connectivity index (χ2v) is 5.72. The van der Waals surface area contributed by atoms with Crippen molar-refractivity contribution in [2.24, 2.45) is 0 Å². The Bertz CT molecular complexity index is 321. The number of hydrogen-bond donors (Lipinski definition) is 0. The van der Waals surface area contributed by atoms with E-state index in [1.54, 1.807) is 0 Å². The van der Waals surface area contributed by atoms with Crippen molar-refractivity contribution < 1.29 is 21.2 Å². The Hall–Kier alpha value is -0.350. The van der Waals surface area contributed by atoms with Gasteiger partial charge in [-0.1, -0.05) is 0 Å². The van der Waals surface area contributed by atoms with Gasteiger partial charge in [0.15, 0.2) is 0 Å². The number of hydrogen-bond acceptors (Lipinski definition) is 0. The molecule has 0 bridgehead atoms. The summed E-state index contributed by atoms with van der Waals surface area (Å²) in [5.74, 6) is 0. The SMILES string of the molecule is Br.c1ccc([I-]c2ccccc2)cc1. The molecule has 14 heavy (non-hydrogen) atoms. The summed E-state index contributed by atoms with van der Waals surface area (Å²) >= 11 is 0.0287. The maximum absolute atomic E-state index is 2.21. The van der Waals surface area contributed by atoms with Crippen LogP contribution in [0.15, 0.2) is 60.7 Å². The van der Waals surface area contributed by atoms with Gasteiger partial charge in [0.05, 0.1) is 0 Å². The van der Waals surface area contributed by atoms with Gasteiger partial charge in [-0.05, 0) is 0 Å². The molecule has 0 fully saturated rings. The zero-order valence-electron chi connectivity index (χ0n) is 7.56. The minimum absolute atomic E-state index is 0. The Kier molecular flexibility index (Phi) is 5.19. The van der Waals surface area contributed by atoms with Gasteiger partial charge >= 0.3 is 89.0 Å². The predicted molar refractivity (Wildman–Crippen MR) is 60.6 cm³/mol. The molecule has 0 saturated carbocycles. The van der Waals surface area contributed by atoms with E-state index < -0.39 is 0 Å². The molecule has 0 aliphatic rings. The fourth-order valence-electron chi connectivity index (χ4n) is 1.08. The van der Waals surface area contributed by atoms with Gasteiger partial charge in [0, 0.05) is 0 Å². The van der Waals surface area contributed by atoms with Gasteiger partial charge in [-0.3, -0.25) is 0 Å². The first-order valence-electron chi connectivity index (χ1n) is 4.20. The average Bonchev–Trinajstić information content (AvgIpc) is 2.21. The Morgan fingerprint density at radius 3 is 1.29 bits per heavy atom. The summed E-state index contributed by atoms with van der Waals surface area (Å²) in [7, 11) is 0. The molecule has 2 aromatic rings. The second-order valence-electron chi connectivity index (χ2n) is 2.69. The summed E-state index contributed by atoms with van der Waals surface area (Å²) in [6, 6.07) is 21.4. The number of benzene rings is 2. The van der Waals surface area contributed by atoms with Gasteiger partial charge in [0.25, 0.3) is 0 Å². The zero-order valence-corrected chi connectivity index (χ0v) is 11.4. The molecule has 74 valence electrons. The second kappa shape index (κ2) is 6.19. The number of rotatable bonds is 2. The Labute approximate surface area is 105 Å². The molecular weight excluding hydrogens is 351 g/mol. The van der Waals surface area contributed by atoms with Crippen LogP contribution in [0.4, 0.5) is 0 Å². The van der Waals surface area contributed by atoms with E-state index in [4.69, 9.17) is 0 Å². The molecular formula is C12H11BrI-. The quantitative estimate of drug-likeness (QED) is 0.679. The predicted octanol–water partition coefficient (Wildman–Crippen LogP) is 0.393. The van der Waals surface area contributed by atoms with Gasteiger partial charge in [-0.2, -0.15) is 0 Å². The van der Waals surface area contributed by atoms with E-state index in [9.17, 15) is 0 Å². The van der Waals surface area contributed by atoms with Gasteiger partial charge in [-0.15, -0.1) is 17.0 Å². The molecule has 2 aromatic carbocycles. The van der Waals surface area contributed by atoms with Crippen molar-refractivity contribution in [1.82, 2.24) is 0 Å². The van der Waals surface area contributed by atoms with Crippen LogP contribution in [0, 0.1) is 7.14 Å². The summed E-state index contributed by atoms with van der Waals surface area (Å²) < 4.78 is 2.96. The van der Waals surface area contributed by atoms with Crippen LogP contribution < -0.4 is 21.2 Å². The van der Waals surface area contributed by atoms with E-state index in [1.807, 2.05) is 0 Å². The van der Waals surface area contributed by atoms with Crippen LogP contribution in [0.25, 0.3) is 0 Å². The van der Waals surface area contributed by atoms with Crippen LogP contribution in [0.1, 0.15) is 0 Å². The summed E-state index contributed by atoms with van der Waals surface area (Å²) in [6.07, 6.45) is 0. The third-order valence-corrected chi connectivity index (χ3v) is 4.37. The van der Waals surface area contributed by atoms with Gasteiger partial charge in [0.2, 0.25) is 0 Å². The Balaban J connectivity index is 0.000000980. The Morgan fingerprint density at radius 1 is 0.571 bits per heavy atom. The van der Waals surface area contributed by atoms with Crippen molar-refractivity contribution in [3.8, 4) is 0 Å².